The fraction of sp³-hybridized carbons (Fsp3) is 0.677. The largest absolute Gasteiger partial charge is 0.495 e. The number of hydrogen-bond acceptors (Lipinski definition) is 11. The van der Waals surface area contributed by atoms with Gasteiger partial charge in [0, 0.05) is 51.4 Å². The minimum atomic E-state index is -0.264. The van der Waals surface area contributed by atoms with E-state index < -0.39 is 0 Å². The number of hydrogen-bond donors (Lipinski definition) is 4. The Labute approximate surface area is 259 Å². The third kappa shape index (κ3) is 5.71. The molecule has 44 heavy (non-hydrogen) atoms. The van der Waals surface area contributed by atoms with Gasteiger partial charge in [-0.3, -0.25) is 30.5 Å². The zero-order chi connectivity index (χ0) is 30.2. The standard InChI is InChI=1S/C31H45N9O4/c1-36-14-16-37(17-15-36)23-18-21(8-9-24(23)43-2)33-31-32-19-22-28(35-31)40-26-11-10-25-29(34-26)38(27(41)20-44-25)12-6-4-3-5-7-13-39(40)30(22)42/h8-9,18,22,25-26,28-29,31-35H,3-4,6,10-17,19-20H2,1-2H3. The second-order valence-corrected chi connectivity index (χ2v) is 12.6. The van der Waals surface area contributed by atoms with Crippen molar-refractivity contribution < 1.29 is 19.1 Å². The van der Waals surface area contributed by atoms with Crippen molar-refractivity contribution in [3.63, 3.8) is 0 Å². The second-order valence-electron chi connectivity index (χ2n) is 12.6. The fourth-order valence-electron chi connectivity index (χ4n) is 7.43. The molecular weight excluding hydrogens is 562 g/mol. The average Bonchev–Trinajstić information content (AvgIpc) is 3.32. The zero-order valence-corrected chi connectivity index (χ0v) is 25.8. The molecule has 5 fully saturated rings. The van der Waals surface area contributed by atoms with Gasteiger partial charge in [-0.15, -0.1) is 5.92 Å². The van der Waals surface area contributed by atoms with Gasteiger partial charge in [-0.25, -0.2) is 0 Å². The van der Waals surface area contributed by atoms with Crippen molar-refractivity contribution in [2.75, 3.05) is 76.8 Å². The van der Waals surface area contributed by atoms with Gasteiger partial charge >= 0.3 is 0 Å². The van der Waals surface area contributed by atoms with Crippen LogP contribution in [-0.4, -0.2) is 129 Å². The molecular formula is C31H45N9O4. The highest BCUT2D eigenvalue weighted by Crippen LogP contribution is 2.35. The summed E-state index contributed by atoms with van der Waals surface area (Å²) in [7, 11) is 3.87. The van der Waals surface area contributed by atoms with Gasteiger partial charge in [0.25, 0.3) is 0 Å². The Balaban J connectivity index is 1.12. The highest BCUT2D eigenvalue weighted by molar-refractivity contribution is 5.82. The quantitative estimate of drug-likeness (QED) is 0.341. The molecule has 1 aromatic carbocycles. The summed E-state index contributed by atoms with van der Waals surface area (Å²) in [6.07, 6.45) is 3.26. The van der Waals surface area contributed by atoms with Crippen LogP contribution in [0.15, 0.2) is 18.2 Å². The van der Waals surface area contributed by atoms with Crippen LogP contribution in [0.4, 0.5) is 11.4 Å². The van der Waals surface area contributed by atoms with Crippen LogP contribution in [0.5, 0.6) is 5.75 Å². The Kier molecular flexibility index (Phi) is 8.54. The zero-order valence-electron chi connectivity index (χ0n) is 25.8. The number of piperidine rings is 1. The number of benzene rings is 1. The predicted octanol–water partition coefficient (Wildman–Crippen LogP) is -0.213. The van der Waals surface area contributed by atoms with E-state index in [-0.39, 0.29) is 55.2 Å². The van der Waals surface area contributed by atoms with Crippen molar-refractivity contribution in [1.29, 1.82) is 0 Å². The molecule has 0 saturated carbocycles. The number of methoxy groups -OCH3 is 1. The van der Waals surface area contributed by atoms with Crippen LogP contribution in [0.3, 0.4) is 0 Å². The highest BCUT2D eigenvalue weighted by atomic mass is 16.5. The van der Waals surface area contributed by atoms with Gasteiger partial charge in [-0.05, 0) is 50.9 Å². The van der Waals surface area contributed by atoms with Crippen molar-refractivity contribution >= 4 is 23.2 Å². The van der Waals surface area contributed by atoms with Gasteiger partial charge in [0.1, 0.15) is 24.8 Å². The number of nitrogens with zero attached hydrogens (tertiary/aromatic N) is 5. The van der Waals surface area contributed by atoms with E-state index in [1.807, 2.05) is 22.0 Å². The van der Waals surface area contributed by atoms with E-state index in [4.69, 9.17) is 9.47 Å². The van der Waals surface area contributed by atoms with E-state index in [0.29, 0.717) is 19.6 Å². The number of nitrogens with one attached hydrogen (secondary N) is 4. The van der Waals surface area contributed by atoms with Gasteiger partial charge in [0.05, 0.1) is 43.7 Å². The maximum Gasteiger partial charge on any atom is 0.249 e. The average molecular weight is 608 g/mol. The molecule has 6 unspecified atom stereocenters. The van der Waals surface area contributed by atoms with Crippen molar-refractivity contribution in [3.8, 4) is 17.6 Å². The lowest BCUT2D eigenvalue weighted by atomic mass is 9.99. The SMILES string of the molecule is COc1ccc(NC2NCC3C(=O)N4CC#CCCCCN5C(=O)COC6CCC(NC65)N4C3N2)cc1N1CCN(C)CC1. The van der Waals surface area contributed by atoms with Gasteiger partial charge in [-0.2, -0.15) is 5.01 Å². The predicted molar refractivity (Wildman–Crippen MR) is 165 cm³/mol. The molecule has 1 aromatic rings. The molecule has 13 nitrogen and oxygen atoms in total. The monoisotopic (exact) mass is 607 g/mol. The number of piperazine rings is 1. The Morgan fingerprint density at radius 1 is 1.02 bits per heavy atom. The third-order valence-corrected chi connectivity index (χ3v) is 9.87. The van der Waals surface area contributed by atoms with Gasteiger partial charge in [0.15, 0.2) is 0 Å². The van der Waals surface area contributed by atoms with Crippen LogP contribution in [0.1, 0.15) is 32.1 Å². The van der Waals surface area contributed by atoms with Crippen molar-refractivity contribution in [2.45, 2.75) is 63.0 Å². The molecule has 2 amide bonds. The molecule has 5 saturated heterocycles. The molecule has 6 aliphatic heterocycles. The first kappa shape index (κ1) is 29.6. The summed E-state index contributed by atoms with van der Waals surface area (Å²) >= 11 is 0. The van der Waals surface area contributed by atoms with Gasteiger partial charge in [-0.1, -0.05) is 5.92 Å². The number of ether oxygens (including phenoxy) is 2. The molecule has 2 bridgehead atoms. The molecule has 7 rings (SSSR count). The van der Waals surface area contributed by atoms with Crippen LogP contribution < -0.4 is 30.9 Å². The minimum absolute atomic E-state index is 0.0206. The van der Waals surface area contributed by atoms with Crippen molar-refractivity contribution in [3.05, 3.63) is 18.2 Å². The van der Waals surface area contributed by atoms with Gasteiger partial charge < -0.3 is 29.5 Å². The number of carbonyl (C=O) groups excluding carboxylic acids is 2. The van der Waals surface area contributed by atoms with Crippen LogP contribution in [0, 0.1) is 17.8 Å². The normalized spacial score (nSPS) is 33.3. The van der Waals surface area contributed by atoms with Crippen molar-refractivity contribution in [1.82, 2.24) is 35.8 Å². The number of carbonyl (C=O) groups is 2. The molecule has 6 atom stereocenters. The fourth-order valence-corrected chi connectivity index (χ4v) is 7.43. The Morgan fingerprint density at radius 3 is 2.73 bits per heavy atom. The summed E-state index contributed by atoms with van der Waals surface area (Å²) in [5.74, 6) is 7.21. The van der Waals surface area contributed by atoms with Crippen LogP contribution in [-0.2, 0) is 14.3 Å². The second kappa shape index (κ2) is 12.7. The molecule has 6 heterocycles. The first-order chi connectivity index (χ1) is 21.5. The summed E-state index contributed by atoms with van der Waals surface area (Å²) in [4.78, 5) is 33.4. The molecule has 0 aromatic heterocycles. The highest BCUT2D eigenvalue weighted by Gasteiger charge is 2.53. The van der Waals surface area contributed by atoms with Gasteiger partial charge in [0.2, 0.25) is 11.8 Å². The summed E-state index contributed by atoms with van der Waals surface area (Å²) < 4.78 is 11.7. The third-order valence-electron chi connectivity index (χ3n) is 9.87. The lowest BCUT2D eigenvalue weighted by Crippen LogP contribution is -2.72. The molecule has 13 heteroatoms. The number of fused-ring (bicyclic) bond motifs is 5. The summed E-state index contributed by atoms with van der Waals surface area (Å²) in [5, 5.41) is 18.6. The molecule has 0 radical (unpaired) electrons. The molecule has 238 valence electrons. The van der Waals surface area contributed by atoms with E-state index >= 15 is 0 Å². The summed E-state index contributed by atoms with van der Waals surface area (Å²) in [6, 6.07) is 6.20. The first-order valence-electron chi connectivity index (χ1n) is 16.1. The Hall–Kier alpha value is -3.12. The topological polar surface area (TPSA) is 117 Å². The number of morpholine rings is 1. The molecule has 4 N–H and O–H groups in total. The maximum atomic E-state index is 13.8. The van der Waals surface area contributed by atoms with Crippen LogP contribution in [0.2, 0.25) is 0 Å². The van der Waals surface area contributed by atoms with Crippen molar-refractivity contribution in [2.24, 2.45) is 5.92 Å². The number of anilines is 2. The van der Waals surface area contributed by atoms with Crippen LogP contribution in [0.25, 0.3) is 0 Å². The van der Waals surface area contributed by atoms with E-state index in [1.165, 1.54) is 0 Å². The van der Waals surface area contributed by atoms with E-state index in [1.54, 1.807) is 7.11 Å². The Morgan fingerprint density at radius 2 is 1.89 bits per heavy atom. The lowest BCUT2D eigenvalue weighted by Gasteiger charge is -2.50. The summed E-state index contributed by atoms with van der Waals surface area (Å²) in [6.45, 7) is 5.61. The molecule has 0 spiro atoms. The molecule has 0 aliphatic carbocycles. The minimum Gasteiger partial charge on any atom is -0.495 e. The number of amides is 2. The number of hydrazine groups is 1. The van der Waals surface area contributed by atoms with E-state index in [2.05, 4.69) is 61.0 Å². The number of likely N-dealkylation sites (N-methyl/N-ethyl adjacent to an activating group) is 1. The van der Waals surface area contributed by atoms with Crippen LogP contribution >= 0.6 is 0 Å². The maximum absolute atomic E-state index is 13.8. The number of rotatable bonds is 4. The molecule has 6 aliphatic rings. The summed E-state index contributed by atoms with van der Waals surface area (Å²) in [5.41, 5.74) is 2.04. The van der Waals surface area contributed by atoms with E-state index in [0.717, 1.165) is 75.4 Å². The Bertz CT molecular complexity index is 1290. The first-order valence-corrected chi connectivity index (χ1v) is 16.1. The lowest BCUT2D eigenvalue weighted by molar-refractivity contribution is -0.176. The smallest absolute Gasteiger partial charge is 0.249 e. The van der Waals surface area contributed by atoms with E-state index in [9.17, 15) is 9.59 Å².